The molecule has 0 bridgehead atoms. The summed E-state index contributed by atoms with van der Waals surface area (Å²) in [7, 11) is 0. The summed E-state index contributed by atoms with van der Waals surface area (Å²) in [5.41, 5.74) is -0.421. The second kappa shape index (κ2) is 3.69. The van der Waals surface area contributed by atoms with E-state index in [1.165, 1.54) is 0 Å². The molecule has 78 valence electrons. The van der Waals surface area contributed by atoms with Gasteiger partial charge in [-0.2, -0.15) is 0 Å². The lowest BCUT2D eigenvalue weighted by molar-refractivity contribution is -0.124. The number of piperidine rings is 1. The Labute approximate surface area is 84.2 Å². The van der Waals surface area contributed by atoms with Crippen LogP contribution in [0.1, 0.15) is 32.6 Å². The lowest BCUT2D eigenvalue weighted by Crippen LogP contribution is -2.47. The van der Waals surface area contributed by atoms with E-state index in [1.807, 2.05) is 0 Å². The second-order valence-corrected chi connectivity index (χ2v) is 4.04. The first-order valence-electron chi connectivity index (χ1n) is 5.38. The molecule has 2 N–H and O–H groups in total. The molecule has 0 unspecified atom stereocenters. The van der Waals surface area contributed by atoms with Crippen LogP contribution in [0.5, 0.6) is 0 Å². The van der Waals surface area contributed by atoms with Crippen molar-refractivity contribution < 1.29 is 4.79 Å². The summed E-state index contributed by atoms with van der Waals surface area (Å²) >= 11 is 0. The van der Waals surface area contributed by atoms with Crippen LogP contribution in [0.2, 0.25) is 0 Å². The van der Waals surface area contributed by atoms with Gasteiger partial charge in [0.25, 0.3) is 5.91 Å². The van der Waals surface area contributed by atoms with Gasteiger partial charge in [-0.3, -0.25) is 9.79 Å². The Balaban J connectivity index is 2.13. The van der Waals surface area contributed by atoms with Gasteiger partial charge >= 0.3 is 0 Å². The van der Waals surface area contributed by atoms with Gasteiger partial charge in [-0.05, 0) is 32.4 Å². The predicted octanol–water partition coefficient (Wildman–Crippen LogP) is 0.437. The molecule has 0 saturated carbocycles. The van der Waals surface area contributed by atoms with Crippen molar-refractivity contribution in [2.45, 2.75) is 38.1 Å². The van der Waals surface area contributed by atoms with Crippen LogP contribution in [0.3, 0.4) is 0 Å². The lowest BCUT2D eigenvalue weighted by atomic mass is 9.89. The van der Waals surface area contributed by atoms with Crippen molar-refractivity contribution in [1.82, 2.24) is 10.6 Å². The summed E-state index contributed by atoms with van der Waals surface area (Å²) in [5.74, 6) is 1.00. The van der Waals surface area contributed by atoms with Gasteiger partial charge in [-0.15, -0.1) is 0 Å². The van der Waals surface area contributed by atoms with E-state index in [-0.39, 0.29) is 5.91 Å². The minimum absolute atomic E-state index is 0.113. The third kappa shape index (κ3) is 1.54. The number of carbonyl (C=O) groups excluding carboxylic acids is 1. The normalized spacial score (nSPS) is 24.9. The minimum atomic E-state index is -0.421. The largest absolute Gasteiger partial charge is 0.317 e. The summed E-state index contributed by atoms with van der Waals surface area (Å²) in [5, 5.41) is 6.15. The first-order chi connectivity index (χ1) is 6.77. The maximum absolute atomic E-state index is 11.8. The van der Waals surface area contributed by atoms with E-state index in [1.54, 1.807) is 0 Å². The number of carbonyl (C=O) groups is 1. The molecule has 4 nitrogen and oxygen atoms in total. The average molecular weight is 195 g/mol. The molecule has 0 aromatic rings. The molecule has 2 aliphatic heterocycles. The van der Waals surface area contributed by atoms with Crippen LogP contribution in [0.15, 0.2) is 4.99 Å². The summed E-state index contributed by atoms with van der Waals surface area (Å²) in [6.45, 7) is 3.90. The Morgan fingerprint density at radius 3 is 2.79 bits per heavy atom. The summed E-state index contributed by atoms with van der Waals surface area (Å²) in [6.07, 6.45) is 3.60. The number of nitrogens with one attached hydrogen (secondary N) is 2. The second-order valence-electron chi connectivity index (χ2n) is 4.04. The average Bonchev–Trinajstić information content (AvgIpc) is 2.45. The highest BCUT2D eigenvalue weighted by Crippen LogP contribution is 2.27. The van der Waals surface area contributed by atoms with Gasteiger partial charge in [0.15, 0.2) is 0 Å². The van der Waals surface area contributed by atoms with Gasteiger partial charge in [0.1, 0.15) is 11.4 Å². The van der Waals surface area contributed by atoms with E-state index in [0.717, 1.165) is 44.6 Å². The van der Waals surface area contributed by atoms with Gasteiger partial charge in [0.05, 0.1) is 0 Å². The highest BCUT2D eigenvalue weighted by molar-refractivity contribution is 6.08. The van der Waals surface area contributed by atoms with Crippen molar-refractivity contribution in [3.8, 4) is 0 Å². The molecule has 0 aromatic carbocycles. The Morgan fingerprint density at radius 2 is 2.14 bits per heavy atom. The van der Waals surface area contributed by atoms with E-state index in [4.69, 9.17) is 0 Å². The van der Waals surface area contributed by atoms with Crippen LogP contribution >= 0.6 is 0 Å². The fourth-order valence-corrected chi connectivity index (χ4v) is 2.12. The van der Waals surface area contributed by atoms with Gasteiger partial charge in [0, 0.05) is 6.42 Å². The van der Waals surface area contributed by atoms with Crippen LogP contribution < -0.4 is 10.6 Å². The maximum atomic E-state index is 11.8. The van der Waals surface area contributed by atoms with E-state index < -0.39 is 5.54 Å². The van der Waals surface area contributed by atoms with Crippen molar-refractivity contribution in [3.05, 3.63) is 0 Å². The fraction of sp³-hybridized carbons (Fsp3) is 0.800. The van der Waals surface area contributed by atoms with Crippen LogP contribution in [-0.4, -0.2) is 30.4 Å². The highest BCUT2D eigenvalue weighted by Gasteiger charge is 2.43. The van der Waals surface area contributed by atoms with Crippen molar-refractivity contribution in [3.63, 3.8) is 0 Å². The van der Waals surface area contributed by atoms with E-state index in [9.17, 15) is 4.79 Å². The van der Waals surface area contributed by atoms with E-state index in [2.05, 4.69) is 22.5 Å². The van der Waals surface area contributed by atoms with Crippen molar-refractivity contribution in [2.75, 3.05) is 13.1 Å². The van der Waals surface area contributed by atoms with Crippen LogP contribution in [-0.2, 0) is 4.79 Å². The van der Waals surface area contributed by atoms with Gasteiger partial charge in [-0.25, -0.2) is 0 Å². The number of nitrogens with zero attached hydrogens (tertiary/aromatic N) is 1. The van der Waals surface area contributed by atoms with E-state index in [0.29, 0.717) is 0 Å². The quantitative estimate of drug-likeness (QED) is 0.671. The Hall–Kier alpha value is -0.900. The molecule has 1 fully saturated rings. The molecule has 1 saturated heterocycles. The number of rotatable bonds is 2. The minimum Gasteiger partial charge on any atom is -0.317 e. The third-order valence-corrected chi connectivity index (χ3v) is 2.95. The highest BCUT2D eigenvalue weighted by atomic mass is 16.2. The topological polar surface area (TPSA) is 53.5 Å². The van der Waals surface area contributed by atoms with Crippen molar-refractivity contribution >= 4 is 11.7 Å². The molecule has 14 heavy (non-hydrogen) atoms. The van der Waals surface area contributed by atoms with Gasteiger partial charge in [-0.1, -0.05) is 6.92 Å². The van der Waals surface area contributed by atoms with Crippen molar-refractivity contribution in [1.29, 1.82) is 0 Å². The zero-order valence-electron chi connectivity index (χ0n) is 8.60. The van der Waals surface area contributed by atoms with Crippen LogP contribution in [0.4, 0.5) is 0 Å². The van der Waals surface area contributed by atoms with Gasteiger partial charge < -0.3 is 10.6 Å². The zero-order chi connectivity index (χ0) is 10.0. The molecule has 4 heteroatoms. The third-order valence-electron chi connectivity index (χ3n) is 2.95. The molecule has 2 heterocycles. The molecule has 2 aliphatic rings. The van der Waals surface area contributed by atoms with E-state index >= 15 is 0 Å². The standard InChI is InChI=1S/C10H17N3O/c1-2-3-8-12-9(14)10(13-8)4-6-11-7-5-10/h11H,2-7H2,1H3,(H,12,13,14). The summed E-state index contributed by atoms with van der Waals surface area (Å²) in [6, 6.07) is 0. The van der Waals surface area contributed by atoms with Crippen molar-refractivity contribution in [2.24, 2.45) is 4.99 Å². The molecular weight excluding hydrogens is 178 g/mol. The molecule has 1 amide bonds. The predicted molar refractivity (Wildman–Crippen MR) is 55.3 cm³/mol. The molecule has 0 atom stereocenters. The summed E-state index contributed by atoms with van der Waals surface area (Å²) in [4.78, 5) is 16.3. The number of amidine groups is 1. The fourth-order valence-electron chi connectivity index (χ4n) is 2.12. The number of hydrogen-bond acceptors (Lipinski definition) is 3. The first kappa shape index (κ1) is 9.65. The smallest absolute Gasteiger partial charge is 0.253 e. The molecule has 1 spiro atoms. The SMILES string of the molecule is CCCC1=NC2(CCNCC2)C(=O)N1. The molecular formula is C10H17N3O. The van der Waals surface area contributed by atoms with Crippen LogP contribution in [0.25, 0.3) is 0 Å². The molecule has 0 aliphatic carbocycles. The Morgan fingerprint density at radius 1 is 1.43 bits per heavy atom. The monoisotopic (exact) mass is 195 g/mol. The molecule has 0 radical (unpaired) electrons. The summed E-state index contributed by atoms with van der Waals surface area (Å²) < 4.78 is 0. The number of aliphatic imine (C=N–C) groups is 1. The Kier molecular flexibility index (Phi) is 2.54. The lowest BCUT2D eigenvalue weighted by Gasteiger charge is -2.28. The Bertz CT molecular complexity index is 267. The number of hydrogen-bond donors (Lipinski definition) is 2. The zero-order valence-corrected chi connectivity index (χ0v) is 8.60. The van der Waals surface area contributed by atoms with Gasteiger partial charge in [0.2, 0.25) is 0 Å². The maximum Gasteiger partial charge on any atom is 0.253 e. The molecule has 2 rings (SSSR count). The first-order valence-corrected chi connectivity index (χ1v) is 5.38. The number of amides is 1. The van der Waals surface area contributed by atoms with Crippen LogP contribution in [0, 0.1) is 0 Å². The molecule has 0 aromatic heterocycles.